The molecular formula is C18H19ClN2O5S. The number of hydrogen-bond acceptors (Lipinski definition) is 5. The van der Waals surface area contributed by atoms with Crippen LogP contribution in [0.4, 0.5) is 5.69 Å². The van der Waals surface area contributed by atoms with E-state index in [-0.39, 0.29) is 17.8 Å². The molecule has 0 saturated carbocycles. The normalized spacial score (nSPS) is 10.9. The van der Waals surface area contributed by atoms with Gasteiger partial charge in [-0.2, -0.15) is 0 Å². The zero-order valence-electron chi connectivity index (χ0n) is 14.8. The molecule has 0 heterocycles. The summed E-state index contributed by atoms with van der Waals surface area (Å²) in [6.07, 6.45) is 1.01. The van der Waals surface area contributed by atoms with Gasteiger partial charge < -0.3 is 10.1 Å². The highest BCUT2D eigenvalue weighted by Crippen LogP contribution is 2.18. The van der Waals surface area contributed by atoms with Crippen LogP contribution in [0.2, 0.25) is 5.02 Å². The van der Waals surface area contributed by atoms with Gasteiger partial charge in [-0.05, 0) is 42.0 Å². The first-order valence-corrected chi connectivity index (χ1v) is 10.1. The number of hydrogen-bond donors (Lipinski definition) is 1. The number of halogens is 1. The third-order valence-electron chi connectivity index (χ3n) is 3.64. The molecule has 0 aliphatic rings. The molecule has 0 aliphatic heterocycles. The van der Waals surface area contributed by atoms with Crippen LogP contribution in [0.15, 0.2) is 48.5 Å². The van der Waals surface area contributed by atoms with Crippen LogP contribution < -0.4 is 9.62 Å². The molecule has 2 aromatic carbocycles. The van der Waals surface area contributed by atoms with Crippen molar-refractivity contribution in [3.05, 3.63) is 64.7 Å². The Kier molecular flexibility index (Phi) is 6.81. The highest BCUT2D eigenvalue weighted by Gasteiger charge is 2.21. The molecule has 27 heavy (non-hydrogen) atoms. The lowest BCUT2D eigenvalue weighted by atomic mass is 10.2. The van der Waals surface area contributed by atoms with Crippen LogP contribution >= 0.6 is 11.6 Å². The zero-order valence-corrected chi connectivity index (χ0v) is 16.4. The van der Waals surface area contributed by atoms with E-state index in [2.05, 4.69) is 10.1 Å². The third-order valence-corrected chi connectivity index (χ3v) is 5.02. The molecule has 0 saturated heterocycles. The summed E-state index contributed by atoms with van der Waals surface area (Å²) in [5.41, 5.74) is 1.34. The number of benzene rings is 2. The third kappa shape index (κ3) is 5.97. The van der Waals surface area contributed by atoms with Gasteiger partial charge in [0.05, 0.1) is 24.6 Å². The summed E-state index contributed by atoms with van der Waals surface area (Å²) >= 11 is 5.90. The Morgan fingerprint density at radius 2 is 1.81 bits per heavy atom. The molecular weight excluding hydrogens is 392 g/mol. The Morgan fingerprint density at radius 1 is 1.15 bits per heavy atom. The van der Waals surface area contributed by atoms with Gasteiger partial charge in [-0.1, -0.05) is 23.7 Å². The standard InChI is InChI=1S/C18H19ClN2O5S/c1-26-18(23)14-6-8-16(9-7-14)21(27(2,24)25)12-17(22)20-11-13-4-3-5-15(19)10-13/h3-10H,11-12H2,1-2H3,(H,20,22). The minimum atomic E-state index is -3.71. The molecule has 0 atom stereocenters. The van der Waals surface area contributed by atoms with Crippen LogP contribution in [0, 0.1) is 0 Å². The highest BCUT2D eigenvalue weighted by atomic mass is 35.5. The van der Waals surface area contributed by atoms with Gasteiger partial charge in [-0.25, -0.2) is 13.2 Å². The molecule has 1 N–H and O–H groups in total. The first-order valence-electron chi connectivity index (χ1n) is 7.88. The number of nitrogens with zero attached hydrogens (tertiary/aromatic N) is 1. The van der Waals surface area contributed by atoms with E-state index >= 15 is 0 Å². The molecule has 2 aromatic rings. The second kappa shape index (κ2) is 8.88. The van der Waals surface area contributed by atoms with E-state index in [9.17, 15) is 18.0 Å². The maximum Gasteiger partial charge on any atom is 0.337 e. The van der Waals surface area contributed by atoms with Gasteiger partial charge in [0.25, 0.3) is 0 Å². The Hall–Kier alpha value is -2.58. The van der Waals surface area contributed by atoms with Gasteiger partial charge >= 0.3 is 5.97 Å². The van der Waals surface area contributed by atoms with Crippen LogP contribution in [-0.2, 0) is 26.1 Å². The van der Waals surface area contributed by atoms with Crippen molar-refractivity contribution >= 4 is 39.2 Å². The molecule has 1 amide bonds. The summed E-state index contributed by atoms with van der Waals surface area (Å²) < 4.78 is 29.8. The lowest BCUT2D eigenvalue weighted by Crippen LogP contribution is -2.40. The summed E-state index contributed by atoms with van der Waals surface area (Å²) in [6, 6.07) is 12.7. The largest absolute Gasteiger partial charge is 0.465 e. The maximum atomic E-state index is 12.2. The number of sulfonamides is 1. The maximum absolute atomic E-state index is 12.2. The molecule has 7 nitrogen and oxygen atoms in total. The lowest BCUT2D eigenvalue weighted by molar-refractivity contribution is -0.119. The summed E-state index contributed by atoms with van der Waals surface area (Å²) in [6.45, 7) is -0.171. The zero-order chi connectivity index (χ0) is 20.0. The molecule has 9 heteroatoms. The summed E-state index contributed by atoms with van der Waals surface area (Å²) in [4.78, 5) is 23.7. The summed E-state index contributed by atoms with van der Waals surface area (Å²) in [5.74, 6) is -1.01. The number of carbonyl (C=O) groups is 2. The predicted molar refractivity (Wildman–Crippen MR) is 103 cm³/mol. The van der Waals surface area contributed by atoms with Crippen molar-refractivity contribution in [3.63, 3.8) is 0 Å². The van der Waals surface area contributed by atoms with Crippen LogP contribution in [0.25, 0.3) is 0 Å². The first kappa shape index (κ1) is 20.7. The predicted octanol–water partition coefficient (Wildman–Crippen LogP) is 2.21. The number of esters is 1. The van der Waals surface area contributed by atoms with Crippen molar-refractivity contribution in [1.82, 2.24) is 5.32 Å². The molecule has 0 radical (unpaired) electrons. The van der Waals surface area contributed by atoms with Crippen LogP contribution in [0.3, 0.4) is 0 Å². The van der Waals surface area contributed by atoms with Gasteiger partial charge in [-0.15, -0.1) is 0 Å². The van der Waals surface area contributed by atoms with Gasteiger partial charge in [0.1, 0.15) is 6.54 Å². The second-order valence-electron chi connectivity index (χ2n) is 5.71. The van der Waals surface area contributed by atoms with E-state index in [0.29, 0.717) is 5.02 Å². The van der Waals surface area contributed by atoms with Crippen LogP contribution in [-0.4, -0.2) is 40.2 Å². The van der Waals surface area contributed by atoms with Crippen LogP contribution in [0.5, 0.6) is 0 Å². The molecule has 144 valence electrons. The fourth-order valence-corrected chi connectivity index (χ4v) is 3.38. The van der Waals surface area contributed by atoms with E-state index in [1.165, 1.54) is 31.4 Å². The van der Waals surface area contributed by atoms with Crippen molar-refractivity contribution in [2.75, 3.05) is 24.2 Å². The average Bonchev–Trinajstić information content (AvgIpc) is 2.63. The number of nitrogens with one attached hydrogen (secondary N) is 1. The van der Waals surface area contributed by atoms with Crippen molar-refractivity contribution in [3.8, 4) is 0 Å². The van der Waals surface area contributed by atoms with Gasteiger partial charge in [0, 0.05) is 11.6 Å². The van der Waals surface area contributed by atoms with Crippen molar-refractivity contribution in [2.24, 2.45) is 0 Å². The molecule has 2 rings (SSSR count). The van der Waals surface area contributed by atoms with Crippen molar-refractivity contribution < 1.29 is 22.7 Å². The van der Waals surface area contributed by atoms with Crippen molar-refractivity contribution in [2.45, 2.75) is 6.54 Å². The Labute approximate surface area is 162 Å². The lowest BCUT2D eigenvalue weighted by Gasteiger charge is -2.22. The molecule has 0 spiro atoms. The number of rotatable bonds is 7. The molecule has 0 aliphatic carbocycles. The molecule has 0 aromatic heterocycles. The van der Waals surface area contributed by atoms with Gasteiger partial charge in [0.2, 0.25) is 15.9 Å². The van der Waals surface area contributed by atoms with E-state index in [1.807, 2.05) is 0 Å². The van der Waals surface area contributed by atoms with E-state index in [1.54, 1.807) is 24.3 Å². The highest BCUT2D eigenvalue weighted by molar-refractivity contribution is 7.92. The average molecular weight is 411 g/mol. The Bertz CT molecular complexity index is 929. The summed E-state index contributed by atoms with van der Waals surface area (Å²) in [7, 11) is -2.45. The van der Waals surface area contributed by atoms with E-state index in [0.717, 1.165) is 16.1 Å². The molecule has 0 unspecified atom stereocenters. The van der Waals surface area contributed by atoms with E-state index in [4.69, 9.17) is 11.6 Å². The fourth-order valence-electron chi connectivity index (χ4n) is 2.32. The quantitative estimate of drug-likeness (QED) is 0.706. The second-order valence-corrected chi connectivity index (χ2v) is 8.06. The first-order chi connectivity index (χ1) is 12.7. The number of methoxy groups -OCH3 is 1. The topological polar surface area (TPSA) is 92.8 Å². The van der Waals surface area contributed by atoms with E-state index < -0.39 is 28.4 Å². The minimum absolute atomic E-state index is 0.221. The Balaban J connectivity index is 2.10. The SMILES string of the molecule is COC(=O)c1ccc(N(CC(=O)NCc2cccc(Cl)c2)S(C)(=O)=O)cc1. The van der Waals surface area contributed by atoms with Crippen LogP contribution in [0.1, 0.15) is 15.9 Å². The minimum Gasteiger partial charge on any atom is -0.465 e. The number of amides is 1. The Morgan fingerprint density at radius 3 is 2.37 bits per heavy atom. The molecule has 0 fully saturated rings. The molecule has 0 bridgehead atoms. The monoisotopic (exact) mass is 410 g/mol. The number of carbonyl (C=O) groups excluding carboxylic acids is 2. The summed E-state index contributed by atoms with van der Waals surface area (Å²) in [5, 5.41) is 3.21. The number of ether oxygens (including phenoxy) is 1. The van der Waals surface area contributed by atoms with Crippen molar-refractivity contribution in [1.29, 1.82) is 0 Å². The fraction of sp³-hybridized carbons (Fsp3) is 0.222. The van der Waals surface area contributed by atoms with Gasteiger partial charge in [0.15, 0.2) is 0 Å². The number of anilines is 1. The van der Waals surface area contributed by atoms with Gasteiger partial charge in [-0.3, -0.25) is 9.10 Å². The smallest absolute Gasteiger partial charge is 0.337 e.